The van der Waals surface area contributed by atoms with E-state index in [1.807, 2.05) is 30.3 Å². The highest BCUT2D eigenvalue weighted by Crippen LogP contribution is 2.22. The van der Waals surface area contributed by atoms with Crippen LogP contribution in [0.1, 0.15) is 0 Å². The average Bonchev–Trinajstić information content (AvgIpc) is 2.72. The van der Waals surface area contributed by atoms with Gasteiger partial charge in [0.05, 0.1) is 11.5 Å². The molecule has 0 aliphatic carbocycles. The zero-order valence-electron chi connectivity index (χ0n) is 15.4. The van der Waals surface area contributed by atoms with Crippen molar-refractivity contribution in [3.05, 3.63) is 84.7 Å². The molecule has 2 amide bonds. The van der Waals surface area contributed by atoms with E-state index in [0.717, 1.165) is 5.75 Å². The van der Waals surface area contributed by atoms with Gasteiger partial charge in [0.25, 0.3) is 0 Å². The molecule has 3 rings (SSSR count). The molecule has 148 valence electrons. The van der Waals surface area contributed by atoms with Crippen LogP contribution in [0.2, 0.25) is 0 Å². The van der Waals surface area contributed by atoms with Gasteiger partial charge in [-0.1, -0.05) is 18.2 Å². The molecule has 2 N–H and O–H groups in total. The molecule has 5 nitrogen and oxygen atoms in total. The minimum Gasteiger partial charge on any atom is -0.457 e. The maximum atomic E-state index is 12.8. The molecule has 0 spiro atoms. The molecular formula is C22H19FN2O3S. The van der Waals surface area contributed by atoms with Crippen molar-refractivity contribution in [3.8, 4) is 11.5 Å². The number of para-hydroxylation sites is 1. The largest absolute Gasteiger partial charge is 0.457 e. The molecule has 0 saturated heterocycles. The van der Waals surface area contributed by atoms with Gasteiger partial charge in [0.2, 0.25) is 11.8 Å². The summed E-state index contributed by atoms with van der Waals surface area (Å²) in [5, 5.41) is 5.42. The summed E-state index contributed by atoms with van der Waals surface area (Å²) in [6.07, 6.45) is 0. The van der Waals surface area contributed by atoms with E-state index < -0.39 is 0 Å². The Morgan fingerprint density at radius 2 is 1.21 bits per heavy atom. The number of ether oxygens (including phenoxy) is 1. The van der Waals surface area contributed by atoms with Crippen molar-refractivity contribution >= 4 is 35.0 Å². The van der Waals surface area contributed by atoms with Crippen molar-refractivity contribution in [2.75, 3.05) is 22.1 Å². The summed E-state index contributed by atoms with van der Waals surface area (Å²) in [6.45, 7) is 0. The van der Waals surface area contributed by atoms with E-state index in [9.17, 15) is 14.0 Å². The van der Waals surface area contributed by atoms with Crippen molar-refractivity contribution in [1.82, 2.24) is 0 Å². The van der Waals surface area contributed by atoms with Crippen molar-refractivity contribution in [3.63, 3.8) is 0 Å². The smallest absolute Gasteiger partial charge is 0.234 e. The van der Waals surface area contributed by atoms with Crippen molar-refractivity contribution in [2.45, 2.75) is 0 Å². The SMILES string of the molecule is O=C(CSCC(=O)Nc1ccc(Oc2ccccc2)cc1)Nc1ccc(F)cc1. The van der Waals surface area contributed by atoms with Crippen molar-refractivity contribution in [1.29, 1.82) is 0 Å². The van der Waals surface area contributed by atoms with Crippen LogP contribution in [0.4, 0.5) is 15.8 Å². The first kappa shape index (κ1) is 20.4. The molecule has 7 heteroatoms. The third-order valence-electron chi connectivity index (χ3n) is 3.71. The average molecular weight is 410 g/mol. The normalized spacial score (nSPS) is 10.2. The number of thioether (sulfide) groups is 1. The van der Waals surface area contributed by atoms with E-state index in [-0.39, 0.29) is 29.1 Å². The summed E-state index contributed by atoms with van der Waals surface area (Å²) in [4.78, 5) is 23.9. The van der Waals surface area contributed by atoms with E-state index in [4.69, 9.17) is 4.74 Å². The van der Waals surface area contributed by atoms with Crippen LogP contribution in [0.5, 0.6) is 11.5 Å². The number of carbonyl (C=O) groups excluding carboxylic acids is 2. The Bertz CT molecular complexity index is 948. The van der Waals surface area contributed by atoms with E-state index in [1.54, 1.807) is 24.3 Å². The Kier molecular flexibility index (Phi) is 7.24. The van der Waals surface area contributed by atoms with Crippen LogP contribution in [0.15, 0.2) is 78.9 Å². The predicted molar refractivity (Wildman–Crippen MR) is 114 cm³/mol. The molecular weight excluding hydrogens is 391 g/mol. The van der Waals surface area contributed by atoms with Gasteiger partial charge < -0.3 is 15.4 Å². The lowest BCUT2D eigenvalue weighted by Crippen LogP contribution is -2.18. The van der Waals surface area contributed by atoms with Crippen LogP contribution in [-0.4, -0.2) is 23.3 Å². The van der Waals surface area contributed by atoms with Crippen LogP contribution < -0.4 is 15.4 Å². The predicted octanol–water partition coefficient (Wildman–Crippen LogP) is 4.93. The lowest BCUT2D eigenvalue weighted by molar-refractivity contribution is -0.114. The van der Waals surface area contributed by atoms with Crippen LogP contribution in [0.3, 0.4) is 0 Å². The van der Waals surface area contributed by atoms with Gasteiger partial charge in [-0.05, 0) is 60.7 Å². The summed E-state index contributed by atoms with van der Waals surface area (Å²) in [6, 6.07) is 22.0. The first-order chi connectivity index (χ1) is 14.1. The summed E-state index contributed by atoms with van der Waals surface area (Å²) in [5.41, 5.74) is 1.16. The molecule has 3 aromatic rings. The maximum absolute atomic E-state index is 12.8. The first-order valence-electron chi connectivity index (χ1n) is 8.84. The van der Waals surface area contributed by atoms with E-state index in [1.165, 1.54) is 36.0 Å². The van der Waals surface area contributed by atoms with Gasteiger partial charge in [-0.3, -0.25) is 9.59 Å². The molecule has 0 atom stereocenters. The molecule has 3 aromatic carbocycles. The third-order valence-corrected chi connectivity index (χ3v) is 4.64. The van der Waals surface area contributed by atoms with Gasteiger partial charge in [-0.25, -0.2) is 4.39 Å². The second kappa shape index (κ2) is 10.3. The molecule has 0 aliphatic rings. The number of amides is 2. The van der Waals surface area contributed by atoms with Gasteiger partial charge in [-0.15, -0.1) is 11.8 Å². The number of carbonyl (C=O) groups is 2. The van der Waals surface area contributed by atoms with Crippen LogP contribution in [0, 0.1) is 5.82 Å². The fourth-order valence-corrected chi connectivity index (χ4v) is 3.01. The van der Waals surface area contributed by atoms with Crippen LogP contribution in [0.25, 0.3) is 0 Å². The van der Waals surface area contributed by atoms with Crippen molar-refractivity contribution < 1.29 is 18.7 Å². The molecule has 0 aliphatic heterocycles. The molecule has 29 heavy (non-hydrogen) atoms. The van der Waals surface area contributed by atoms with Gasteiger partial charge in [0.15, 0.2) is 0 Å². The van der Waals surface area contributed by atoms with Gasteiger partial charge in [0, 0.05) is 11.4 Å². The van der Waals surface area contributed by atoms with Gasteiger partial charge in [-0.2, -0.15) is 0 Å². The fraction of sp³-hybridized carbons (Fsp3) is 0.0909. The lowest BCUT2D eigenvalue weighted by atomic mass is 10.3. The second-order valence-corrected chi connectivity index (χ2v) is 7.02. The molecule has 0 bridgehead atoms. The quantitative estimate of drug-likeness (QED) is 0.553. The summed E-state index contributed by atoms with van der Waals surface area (Å²) in [7, 11) is 0. The highest BCUT2D eigenvalue weighted by atomic mass is 32.2. The number of hydrogen-bond acceptors (Lipinski definition) is 4. The van der Waals surface area contributed by atoms with Crippen molar-refractivity contribution in [2.24, 2.45) is 0 Å². The molecule has 0 aromatic heterocycles. The maximum Gasteiger partial charge on any atom is 0.234 e. The number of anilines is 2. The number of rotatable bonds is 8. The summed E-state index contributed by atoms with van der Waals surface area (Å²) < 4.78 is 18.5. The molecule has 0 unspecified atom stereocenters. The van der Waals surface area contributed by atoms with E-state index in [0.29, 0.717) is 17.1 Å². The van der Waals surface area contributed by atoms with Crippen LogP contribution in [-0.2, 0) is 9.59 Å². The van der Waals surface area contributed by atoms with Gasteiger partial charge in [0.1, 0.15) is 17.3 Å². The fourth-order valence-electron chi connectivity index (χ4n) is 2.39. The zero-order chi connectivity index (χ0) is 20.5. The third kappa shape index (κ3) is 6.97. The summed E-state index contributed by atoms with van der Waals surface area (Å²) in [5.74, 6) is 0.834. The monoisotopic (exact) mass is 410 g/mol. The number of nitrogens with one attached hydrogen (secondary N) is 2. The van der Waals surface area contributed by atoms with Gasteiger partial charge >= 0.3 is 0 Å². The molecule has 0 radical (unpaired) electrons. The Labute approximate surface area is 172 Å². The standard InChI is InChI=1S/C22H19FN2O3S/c23-16-6-8-17(9-7-16)24-21(26)14-29-15-22(27)25-18-10-12-20(13-11-18)28-19-4-2-1-3-5-19/h1-13H,14-15H2,(H,24,26)(H,25,27). The lowest BCUT2D eigenvalue weighted by Gasteiger charge is -2.08. The Morgan fingerprint density at radius 3 is 1.76 bits per heavy atom. The topological polar surface area (TPSA) is 67.4 Å². The number of halogens is 1. The second-order valence-electron chi connectivity index (χ2n) is 6.04. The minimum absolute atomic E-state index is 0.120. The highest BCUT2D eigenvalue weighted by molar-refractivity contribution is 8.00. The van der Waals surface area contributed by atoms with E-state index in [2.05, 4.69) is 10.6 Å². The molecule has 0 saturated carbocycles. The van der Waals surface area contributed by atoms with E-state index >= 15 is 0 Å². The number of hydrogen-bond donors (Lipinski definition) is 2. The number of benzene rings is 3. The molecule has 0 heterocycles. The highest BCUT2D eigenvalue weighted by Gasteiger charge is 2.07. The zero-order valence-corrected chi connectivity index (χ0v) is 16.2. The first-order valence-corrected chi connectivity index (χ1v) is 10.00. The Balaban J connectivity index is 1.38. The Morgan fingerprint density at radius 1 is 0.724 bits per heavy atom. The Hall–Kier alpha value is -3.32. The minimum atomic E-state index is -0.367. The van der Waals surface area contributed by atoms with Crippen LogP contribution >= 0.6 is 11.8 Å². The molecule has 0 fully saturated rings. The summed E-state index contributed by atoms with van der Waals surface area (Å²) >= 11 is 1.19.